The van der Waals surface area contributed by atoms with Crippen molar-refractivity contribution in [2.45, 2.75) is 38.7 Å². The molecule has 1 aromatic rings. The molecular weight excluding hydrogens is 377 g/mol. The van der Waals surface area contributed by atoms with Crippen LogP contribution in [0.2, 0.25) is 0 Å². The highest BCUT2D eigenvalue weighted by Crippen LogP contribution is 2.35. The molecule has 26 heavy (non-hydrogen) atoms. The van der Waals surface area contributed by atoms with Gasteiger partial charge in [0.05, 0.1) is 24.2 Å². The quantitative estimate of drug-likeness (QED) is 0.182. The maximum atomic E-state index is 10.8. The van der Waals surface area contributed by atoms with E-state index in [1.54, 1.807) is 6.92 Å². The van der Waals surface area contributed by atoms with Gasteiger partial charge in [-0.1, -0.05) is 11.8 Å². The van der Waals surface area contributed by atoms with Crippen molar-refractivity contribution < 1.29 is 23.5 Å². The van der Waals surface area contributed by atoms with Gasteiger partial charge in [0.25, 0.3) is 0 Å². The van der Waals surface area contributed by atoms with E-state index in [0.717, 1.165) is 11.3 Å². The highest BCUT2D eigenvalue weighted by Gasteiger charge is 2.39. The molecule has 1 fully saturated rings. The molecular formula is C16H23N3O5PS+. The Bertz CT molecular complexity index is 742. The second kappa shape index (κ2) is 9.62. The molecule has 1 aliphatic rings. The van der Waals surface area contributed by atoms with Crippen molar-refractivity contribution in [1.29, 1.82) is 5.41 Å². The lowest BCUT2D eigenvalue weighted by molar-refractivity contribution is -0.0499. The molecule has 0 aliphatic carbocycles. The van der Waals surface area contributed by atoms with Crippen LogP contribution in [-0.2, 0) is 18.6 Å². The van der Waals surface area contributed by atoms with Gasteiger partial charge in [0.2, 0.25) is 0 Å². The topological polar surface area (TPSA) is 120 Å². The fraction of sp³-hybridized carbons (Fsp3) is 0.562. The summed E-state index contributed by atoms with van der Waals surface area (Å²) in [5, 5.41) is 8.03. The molecule has 10 heteroatoms. The molecule has 0 aromatic carbocycles. The number of hydrogen-bond donors (Lipinski definition) is 4. The average Bonchev–Trinajstić information content (AvgIpc) is 3.12. The van der Waals surface area contributed by atoms with Crippen molar-refractivity contribution in [1.82, 2.24) is 4.57 Å². The summed E-state index contributed by atoms with van der Waals surface area (Å²) in [7, 11) is -2.71. The predicted octanol–water partition coefficient (Wildman–Crippen LogP) is 1.72. The summed E-state index contributed by atoms with van der Waals surface area (Å²) in [5.74, 6) is 6.01. The number of aromatic nitrogens is 1. The molecule has 2 rings (SSSR count). The first-order chi connectivity index (χ1) is 12.4. The first-order valence-electron chi connectivity index (χ1n) is 8.01. The number of thiol groups is 1. The minimum atomic E-state index is -2.71. The Hall–Kier alpha value is -1.24. The lowest BCUT2D eigenvalue weighted by atomic mass is 10.1. The SMILES string of the molecule is CC(=N)c1c(C#CCN)cn([C@H]2CC(OCS)[C@@H](CO[P+](=O)O)O2)c1C. The van der Waals surface area contributed by atoms with E-state index in [2.05, 4.69) is 24.5 Å². The van der Waals surface area contributed by atoms with Crippen molar-refractivity contribution in [2.24, 2.45) is 5.73 Å². The molecule has 0 bridgehead atoms. The molecule has 2 heterocycles. The van der Waals surface area contributed by atoms with Crippen molar-refractivity contribution in [2.75, 3.05) is 19.1 Å². The summed E-state index contributed by atoms with van der Waals surface area (Å²) in [5.41, 5.74) is 8.18. The van der Waals surface area contributed by atoms with Crippen LogP contribution in [0.1, 0.15) is 36.4 Å². The van der Waals surface area contributed by atoms with E-state index in [1.165, 1.54) is 0 Å². The van der Waals surface area contributed by atoms with E-state index < -0.39 is 14.4 Å². The van der Waals surface area contributed by atoms with Crippen LogP contribution in [0.25, 0.3) is 0 Å². The minimum Gasteiger partial charge on any atom is -0.365 e. The number of nitrogens with zero attached hydrogens (tertiary/aromatic N) is 1. The lowest BCUT2D eigenvalue weighted by Crippen LogP contribution is -2.28. The van der Waals surface area contributed by atoms with Gasteiger partial charge in [-0.05, 0) is 13.8 Å². The molecule has 4 N–H and O–H groups in total. The van der Waals surface area contributed by atoms with Gasteiger partial charge in [-0.2, -0.15) is 12.6 Å². The third-order valence-corrected chi connectivity index (χ3v) is 4.63. The summed E-state index contributed by atoms with van der Waals surface area (Å²) < 4.78 is 29.1. The zero-order valence-electron chi connectivity index (χ0n) is 14.6. The van der Waals surface area contributed by atoms with Gasteiger partial charge in [-0.15, -0.1) is 9.42 Å². The molecule has 0 spiro atoms. The van der Waals surface area contributed by atoms with Gasteiger partial charge in [0, 0.05) is 34.2 Å². The molecule has 0 saturated carbocycles. The Labute approximate surface area is 158 Å². The van der Waals surface area contributed by atoms with Gasteiger partial charge >= 0.3 is 8.25 Å². The second-order valence-electron chi connectivity index (χ2n) is 5.77. The van der Waals surface area contributed by atoms with E-state index in [-0.39, 0.29) is 31.4 Å². The maximum absolute atomic E-state index is 10.8. The number of nitrogens with one attached hydrogen (secondary N) is 1. The molecule has 2 unspecified atom stereocenters. The van der Waals surface area contributed by atoms with Crippen LogP contribution >= 0.6 is 20.9 Å². The Morgan fingerprint density at radius 2 is 2.38 bits per heavy atom. The first kappa shape index (κ1) is 21.1. The fourth-order valence-electron chi connectivity index (χ4n) is 3.07. The minimum absolute atomic E-state index is 0.0583. The van der Waals surface area contributed by atoms with Crippen LogP contribution < -0.4 is 5.73 Å². The van der Waals surface area contributed by atoms with Crippen LogP contribution in [0, 0.1) is 24.2 Å². The van der Waals surface area contributed by atoms with E-state index in [4.69, 9.17) is 30.0 Å². The number of ether oxygens (including phenoxy) is 2. The fourth-order valence-corrected chi connectivity index (χ4v) is 3.53. The Morgan fingerprint density at radius 1 is 1.65 bits per heavy atom. The summed E-state index contributed by atoms with van der Waals surface area (Å²) in [6.07, 6.45) is 1.17. The zero-order chi connectivity index (χ0) is 19.3. The van der Waals surface area contributed by atoms with E-state index in [9.17, 15) is 4.57 Å². The van der Waals surface area contributed by atoms with Gasteiger partial charge < -0.3 is 25.2 Å². The predicted molar refractivity (Wildman–Crippen MR) is 101 cm³/mol. The highest BCUT2D eigenvalue weighted by molar-refractivity contribution is 7.80. The second-order valence-corrected chi connectivity index (χ2v) is 6.77. The zero-order valence-corrected chi connectivity index (χ0v) is 16.4. The number of rotatable bonds is 7. The van der Waals surface area contributed by atoms with Gasteiger partial charge in [-0.3, -0.25) is 0 Å². The molecule has 4 atom stereocenters. The molecule has 1 aliphatic heterocycles. The smallest absolute Gasteiger partial charge is 0.365 e. The van der Waals surface area contributed by atoms with Crippen molar-refractivity contribution >= 4 is 26.6 Å². The van der Waals surface area contributed by atoms with Gasteiger partial charge in [0.1, 0.15) is 18.9 Å². The lowest BCUT2D eigenvalue weighted by Gasteiger charge is -2.16. The third-order valence-electron chi connectivity index (χ3n) is 4.12. The summed E-state index contributed by atoms with van der Waals surface area (Å²) in [4.78, 5) is 8.86. The number of nitrogens with two attached hydrogens (primary N) is 1. The number of hydrogen-bond acceptors (Lipinski definition) is 7. The molecule has 1 saturated heterocycles. The summed E-state index contributed by atoms with van der Waals surface area (Å²) >= 11 is 4.08. The summed E-state index contributed by atoms with van der Waals surface area (Å²) in [6.45, 7) is 3.78. The highest BCUT2D eigenvalue weighted by atomic mass is 32.1. The third kappa shape index (κ3) is 4.93. The van der Waals surface area contributed by atoms with Crippen molar-refractivity contribution in [3.63, 3.8) is 0 Å². The first-order valence-corrected chi connectivity index (χ1v) is 9.78. The van der Waals surface area contributed by atoms with Crippen LogP contribution in [0.4, 0.5) is 0 Å². The standard InChI is InChI=1S/C16H22N3O5PS/c1-10(18)16-11(2)19(7-12(16)4-3-5-17)15-6-13(22-9-26)14(24-15)8-23-25(20)21/h7,13-15,18H,5-6,8-9,17H2,1-2H3,(H-,20,21,26)/p+1/t13?,14-,15-/m1/s1. The monoisotopic (exact) mass is 400 g/mol. The molecule has 1 aromatic heterocycles. The molecule has 0 radical (unpaired) electrons. The average molecular weight is 400 g/mol. The Kier molecular flexibility index (Phi) is 7.80. The molecule has 8 nitrogen and oxygen atoms in total. The van der Waals surface area contributed by atoms with E-state index in [0.29, 0.717) is 17.7 Å². The van der Waals surface area contributed by atoms with Crippen LogP contribution in [-0.4, -0.2) is 46.5 Å². The van der Waals surface area contributed by atoms with E-state index >= 15 is 0 Å². The Balaban J connectivity index is 2.29. The molecule has 0 amide bonds. The van der Waals surface area contributed by atoms with Crippen LogP contribution in [0.15, 0.2) is 6.20 Å². The normalized spacial score (nSPS) is 22.8. The summed E-state index contributed by atoms with van der Waals surface area (Å²) in [6, 6.07) is 0. The molecule has 142 valence electrons. The largest absolute Gasteiger partial charge is 0.694 e. The van der Waals surface area contributed by atoms with Crippen molar-refractivity contribution in [3.05, 3.63) is 23.0 Å². The van der Waals surface area contributed by atoms with Crippen molar-refractivity contribution in [3.8, 4) is 11.8 Å². The van der Waals surface area contributed by atoms with E-state index in [1.807, 2.05) is 17.7 Å². The maximum Gasteiger partial charge on any atom is 0.694 e. The van der Waals surface area contributed by atoms with Gasteiger partial charge in [0.15, 0.2) is 0 Å². The van der Waals surface area contributed by atoms with Gasteiger partial charge in [-0.25, -0.2) is 0 Å². The van der Waals surface area contributed by atoms with Crippen LogP contribution in [0.5, 0.6) is 0 Å². The van der Waals surface area contributed by atoms with Crippen LogP contribution in [0.3, 0.4) is 0 Å². The Morgan fingerprint density at radius 3 is 2.96 bits per heavy atom.